The van der Waals surface area contributed by atoms with E-state index in [1.54, 1.807) is 17.0 Å². The SMILES string of the molecule is CC(C)(C)OC(=O)N1CCN(c2ccc(Br)cc2NC(=O)c2cc3ccccc3oc2=N)CC1. The summed E-state index contributed by atoms with van der Waals surface area (Å²) >= 11 is 3.48. The standard InChI is InChI=1S/C25H27BrN4O4/c1-25(2,3)34-24(32)30-12-10-29(11-13-30)20-9-8-17(26)15-19(20)28-23(31)18-14-16-6-4-5-7-21(16)33-22(18)27/h4-9,14-15,27H,10-13H2,1-3H3,(H,28,31). The van der Waals surface area contributed by atoms with Crippen LogP contribution in [0.5, 0.6) is 0 Å². The average molecular weight is 527 g/mol. The van der Waals surface area contributed by atoms with Crippen molar-refractivity contribution >= 4 is 50.3 Å². The van der Waals surface area contributed by atoms with Crippen LogP contribution in [0.3, 0.4) is 0 Å². The summed E-state index contributed by atoms with van der Waals surface area (Å²) in [6, 6.07) is 14.6. The summed E-state index contributed by atoms with van der Waals surface area (Å²) in [5.41, 5.74) is 1.42. The molecule has 0 bridgehead atoms. The van der Waals surface area contributed by atoms with Crippen molar-refractivity contribution in [2.24, 2.45) is 0 Å². The first kappa shape index (κ1) is 23.8. The third-order valence-electron chi connectivity index (χ3n) is 5.40. The summed E-state index contributed by atoms with van der Waals surface area (Å²) in [5.74, 6) is -0.425. The Morgan fingerprint density at radius 3 is 2.47 bits per heavy atom. The van der Waals surface area contributed by atoms with Gasteiger partial charge < -0.3 is 24.3 Å². The summed E-state index contributed by atoms with van der Waals surface area (Å²) < 4.78 is 11.8. The van der Waals surface area contributed by atoms with Crippen LogP contribution >= 0.6 is 15.9 Å². The normalized spacial score (nSPS) is 14.2. The number of hydrogen-bond acceptors (Lipinski definition) is 6. The number of carbonyl (C=O) groups is 2. The van der Waals surface area contributed by atoms with Gasteiger partial charge in [0.05, 0.1) is 11.4 Å². The van der Waals surface area contributed by atoms with Crippen LogP contribution in [0.2, 0.25) is 0 Å². The predicted octanol–water partition coefficient (Wildman–Crippen LogP) is 4.98. The highest BCUT2D eigenvalue weighted by atomic mass is 79.9. The second-order valence-electron chi connectivity index (χ2n) is 9.10. The lowest BCUT2D eigenvalue weighted by Crippen LogP contribution is -2.50. The van der Waals surface area contributed by atoms with E-state index in [9.17, 15) is 9.59 Å². The predicted molar refractivity (Wildman–Crippen MR) is 134 cm³/mol. The lowest BCUT2D eigenvalue weighted by Gasteiger charge is -2.37. The molecule has 0 unspecified atom stereocenters. The van der Waals surface area contributed by atoms with Gasteiger partial charge in [0.15, 0.2) is 0 Å². The second kappa shape index (κ2) is 9.50. The number of rotatable bonds is 3. The lowest BCUT2D eigenvalue weighted by atomic mass is 10.1. The van der Waals surface area contributed by atoms with Crippen molar-refractivity contribution < 1.29 is 18.7 Å². The molecule has 178 valence electrons. The van der Waals surface area contributed by atoms with Gasteiger partial charge in [0, 0.05) is 36.0 Å². The maximum Gasteiger partial charge on any atom is 0.410 e. The van der Waals surface area contributed by atoms with Crippen molar-refractivity contribution in [3.8, 4) is 0 Å². The van der Waals surface area contributed by atoms with Crippen LogP contribution in [0.25, 0.3) is 11.0 Å². The van der Waals surface area contributed by atoms with Crippen LogP contribution in [0, 0.1) is 5.41 Å². The smallest absolute Gasteiger partial charge is 0.410 e. The Morgan fingerprint density at radius 2 is 1.76 bits per heavy atom. The molecule has 0 saturated carbocycles. The van der Waals surface area contributed by atoms with Crippen LogP contribution in [0.15, 0.2) is 57.4 Å². The molecule has 1 aliphatic heterocycles. The van der Waals surface area contributed by atoms with Gasteiger partial charge in [0.1, 0.15) is 16.7 Å². The number of halogens is 1. The number of carbonyl (C=O) groups excluding carboxylic acids is 2. The third kappa shape index (κ3) is 5.41. The minimum absolute atomic E-state index is 0.152. The number of benzene rings is 2. The number of fused-ring (bicyclic) bond motifs is 1. The Labute approximate surface area is 206 Å². The summed E-state index contributed by atoms with van der Waals surface area (Å²) in [6.45, 7) is 7.77. The number of ether oxygens (including phenoxy) is 1. The monoisotopic (exact) mass is 526 g/mol. The maximum atomic E-state index is 13.1. The number of para-hydroxylation sites is 1. The Balaban J connectivity index is 1.52. The second-order valence-corrected chi connectivity index (χ2v) is 10.0. The molecule has 2 heterocycles. The van der Waals surface area contributed by atoms with Gasteiger partial charge in [-0.25, -0.2) is 4.79 Å². The molecule has 9 heteroatoms. The van der Waals surface area contributed by atoms with Gasteiger partial charge in [0.25, 0.3) is 5.91 Å². The molecule has 1 aromatic heterocycles. The van der Waals surface area contributed by atoms with E-state index in [0.717, 1.165) is 15.5 Å². The number of nitrogens with one attached hydrogen (secondary N) is 2. The molecule has 1 aliphatic rings. The third-order valence-corrected chi connectivity index (χ3v) is 5.89. The van der Waals surface area contributed by atoms with Crippen molar-refractivity contribution in [1.82, 2.24) is 4.90 Å². The molecular formula is C25H27BrN4O4. The Hall–Kier alpha value is -3.33. The van der Waals surface area contributed by atoms with E-state index in [1.165, 1.54) is 0 Å². The summed E-state index contributed by atoms with van der Waals surface area (Å²) in [5, 5.41) is 11.9. The first-order chi connectivity index (χ1) is 16.1. The van der Waals surface area contributed by atoms with Gasteiger partial charge in [-0.05, 0) is 51.1 Å². The van der Waals surface area contributed by atoms with Gasteiger partial charge in [0.2, 0.25) is 5.55 Å². The van der Waals surface area contributed by atoms with Crippen molar-refractivity contribution in [2.45, 2.75) is 26.4 Å². The molecule has 2 amide bonds. The average Bonchev–Trinajstić information content (AvgIpc) is 2.77. The molecule has 2 aromatic carbocycles. The van der Waals surface area contributed by atoms with Gasteiger partial charge in [-0.15, -0.1) is 0 Å². The summed E-state index contributed by atoms with van der Waals surface area (Å²) in [4.78, 5) is 29.3. The number of nitrogens with zero attached hydrogens (tertiary/aromatic N) is 2. The van der Waals surface area contributed by atoms with Crippen molar-refractivity contribution in [1.29, 1.82) is 5.41 Å². The fourth-order valence-electron chi connectivity index (χ4n) is 3.78. The number of piperazine rings is 1. The molecule has 0 atom stereocenters. The van der Waals surface area contributed by atoms with E-state index >= 15 is 0 Å². The Bertz CT molecular complexity index is 1290. The van der Waals surface area contributed by atoms with E-state index in [2.05, 4.69) is 26.1 Å². The van der Waals surface area contributed by atoms with Crippen LogP contribution in [0.4, 0.5) is 16.2 Å². The van der Waals surface area contributed by atoms with Crippen molar-refractivity contribution in [2.75, 3.05) is 36.4 Å². The number of anilines is 2. The van der Waals surface area contributed by atoms with Crippen LogP contribution in [0.1, 0.15) is 31.1 Å². The first-order valence-electron chi connectivity index (χ1n) is 11.0. The van der Waals surface area contributed by atoms with Crippen LogP contribution in [-0.4, -0.2) is 48.7 Å². The molecular weight excluding hydrogens is 500 g/mol. The zero-order valence-electron chi connectivity index (χ0n) is 19.4. The molecule has 0 aliphatic carbocycles. The molecule has 0 radical (unpaired) electrons. The molecule has 1 saturated heterocycles. The van der Waals surface area contributed by atoms with Gasteiger partial charge in [-0.2, -0.15) is 0 Å². The Morgan fingerprint density at radius 1 is 1.06 bits per heavy atom. The first-order valence-corrected chi connectivity index (χ1v) is 11.8. The van der Waals surface area contributed by atoms with E-state index in [-0.39, 0.29) is 17.2 Å². The summed E-state index contributed by atoms with van der Waals surface area (Å²) in [7, 11) is 0. The van der Waals surface area contributed by atoms with E-state index in [4.69, 9.17) is 14.6 Å². The maximum absolute atomic E-state index is 13.1. The largest absolute Gasteiger partial charge is 0.444 e. The van der Waals surface area contributed by atoms with Crippen LogP contribution in [-0.2, 0) is 4.74 Å². The van der Waals surface area contributed by atoms with Gasteiger partial charge in [-0.1, -0.05) is 34.1 Å². The van der Waals surface area contributed by atoms with E-state index in [0.29, 0.717) is 37.4 Å². The highest BCUT2D eigenvalue weighted by molar-refractivity contribution is 9.10. The number of amides is 2. The minimum atomic E-state index is -0.539. The molecule has 0 spiro atoms. The van der Waals surface area contributed by atoms with E-state index in [1.807, 2.05) is 57.2 Å². The quantitative estimate of drug-likeness (QED) is 0.501. The highest BCUT2D eigenvalue weighted by Gasteiger charge is 2.27. The highest BCUT2D eigenvalue weighted by Crippen LogP contribution is 2.31. The summed E-state index contributed by atoms with van der Waals surface area (Å²) in [6.07, 6.45) is -0.320. The molecule has 2 N–H and O–H groups in total. The number of hydrogen-bond donors (Lipinski definition) is 2. The fraction of sp³-hybridized carbons (Fsp3) is 0.320. The Kier molecular flexibility index (Phi) is 6.65. The van der Waals surface area contributed by atoms with E-state index < -0.39 is 11.5 Å². The molecule has 1 fully saturated rings. The molecule has 34 heavy (non-hydrogen) atoms. The van der Waals surface area contributed by atoms with Crippen molar-refractivity contribution in [3.05, 3.63) is 64.1 Å². The molecule has 8 nitrogen and oxygen atoms in total. The van der Waals surface area contributed by atoms with Gasteiger partial charge in [-0.3, -0.25) is 10.2 Å². The molecule has 4 rings (SSSR count). The fourth-order valence-corrected chi connectivity index (χ4v) is 4.14. The molecule has 3 aromatic rings. The zero-order valence-corrected chi connectivity index (χ0v) is 20.9. The lowest BCUT2D eigenvalue weighted by molar-refractivity contribution is 0.0240. The minimum Gasteiger partial charge on any atom is -0.444 e. The van der Waals surface area contributed by atoms with Gasteiger partial charge >= 0.3 is 6.09 Å². The zero-order chi connectivity index (χ0) is 24.5. The topological polar surface area (TPSA) is 98.9 Å². The van der Waals surface area contributed by atoms with Crippen LogP contribution < -0.4 is 15.8 Å². The van der Waals surface area contributed by atoms with Crippen molar-refractivity contribution in [3.63, 3.8) is 0 Å².